The zero-order valence-corrected chi connectivity index (χ0v) is 13.4. The number of hydrogen-bond acceptors (Lipinski definition) is 3. The molecule has 3 nitrogen and oxygen atoms in total. The number of nitrogens with zero attached hydrogens (tertiary/aromatic N) is 2. The van der Waals surface area contributed by atoms with Crippen LogP contribution in [0.3, 0.4) is 0 Å². The predicted octanol–water partition coefficient (Wildman–Crippen LogP) is 2.18. The SMILES string of the molecule is CC1CCC(NCCN2CCN(C)C(C)(C)C2)CC1. The highest BCUT2D eigenvalue weighted by Crippen LogP contribution is 2.23. The first kappa shape index (κ1) is 15.3. The van der Waals surface area contributed by atoms with Gasteiger partial charge in [0.25, 0.3) is 0 Å². The Morgan fingerprint density at radius 2 is 1.79 bits per heavy atom. The fourth-order valence-corrected chi connectivity index (χ4v) is 3.42. The van der Waals surface area contributed by atoms with Gasteiger partial charge < -0.3 is 5.32 Å². The van der Waals surface area contributed by atoms with Gasteiger partial charge in [-0.15, -0.1) is 0 Å². The number of piperazine rings is 1. The second kappa shape index (κ2) is 6.55. The Balaban J connectivity index is 1.63. The van der Waals surface area contributed by atoms with Gasteiger partial charge in [0.1, 0.15) is 0 Å². The average molecular weight is 267 g/mol. The van der Waals surface area contributed by atoms with Crippen molar-refractivity contribution in [3.8, 4) is 0 Å². The van der Waals surface area contributed by atoms with Crippen LogP contribution in [-0.4, -0.2) is 61.2 Å². The molecule has 0 aromatic heterocycles. The topological polar surface area (TPSA) is 18.5 Å². The first-order valence-electron chi connectivity index (χ1n) is 8.14. The fourth-order valence-electron chi connectivity index (χ4n) is 3.42. The molecule has 19 heavy (non-hydrogen) atoms. The van der Waals surface area contributed by atoms with Crippen molar-refractivity contribution in [1.82, 2.24) is 15.1 Å². The number of nitrogens with one attached hydrogen (secondary N) is 1. The van der Waals surface area contributed by atoms with Crippen molar-refractivity contribution in [3.63, 3.8) is 0 Å². The number of likely N-dealkylation sites (N-methyl/N-ethyl adjacent to an activating group) is 1. The Bertz CT molecular complexity index is 269. The van der Waals surface area contributed by atoms with E-state index >= 15 is 0 Å². The quantitative estimate of drug-likeness (QED) is 0.842. The van der Waals surface area contributed by atoms with Gasteiger partial charge in [-0.25, -0.2) is 0 Å². The predicted molar refractivity (Wildman–Crippen MR) is 82.6 cm³/mol. The van der Waals surface area contributed by atoms with Crippen LogP contribution in [0.2, 0.25) is 0 Å². The molecule has 0 aromatic rings. The molecule has 0 bridgehead atoms. The van der Waals surface area contributed by atoms with E-state index in [0.717, 1.165) is 12.0 Å². The summed E-state index contributed by atoms with van der Waals surface area (Å²) in [6.45, 7) is 13.1. The molecular weight excluding hydrogens is 234 g/mol. The summed E-state index contributed by atoms with van der Waals surface area (Å²) >= 11 is 0. The smallest absolute Gasteiger partial charge is 0.0277 e. The largest absolute Gasteiger partial charge is 0.313 e. The molecule has 0 unspecified atom stereocenters. The molecule has 112 valence electrons. The molecule has 2 fully saturated rings. The highest BCUT2D eigenvalue weighted by atomic mass is 15.3. The minimum absolute atomic E-state index is 0.332. The van der Waals surface area contributed by atoms with Crippen LogP contribution in [0.25, 0.3) is 0 Å². The van der Waals surface area contributed by atoms with Crippen LogP contribution in [0.5, 0.6) is 0 Å². The maximum absolute atomic E-state index is 3.77. The molecule has 0 aromatic carbocycles. The van der Waals surface area contributed by atoms with Crippen molar-refractivity contribution in [2.75, 3.05) is 39.8 Å². The van der Waals surface area contributed by atoms with Gasteiger partial charge in [-0.05, 0) is 52.5 Å². The van der Waals surface area contributed by atoms with E-state index in [9.17, 15) is 0 Å². The van der Waals surface area contributed by atoms with E-state index in [2.05, 4.69) is 42.9 Å². The number of rotatable bonds is 4. The average Bonchev–Trinajstić information content (AvgIpc) is 2.36. The summed E-state index contributed by atoms with van der Waals surface area (Å²) in [7, 11) is 2.25. The van der Waals surface area contributed by atoms with E-state index in [1.54, 1.807) is 0 Å². The Hall–Kier alpha value is -0.120. The van der Waals surface area contributed by atoms with Crippen molar-refractivity contribution in [2.45, 2.75) is 58.0 Å². The van der Waals surface area contributed by atoms with Crippen LogP contribution in [0.1, 0.15) is 46.5 Å². The summed E-state index contributed by atoms with van der Waals surface area (Å²) < 4.78 is 0. The second-order valence-electron chi connectivity index (χ2n) is 7.42. The maximum atomic E-state index is 3.77. The summed E-state index contributed by atoms with van der Waals surface area (Å²) in [5.41, 5.74) is 0.332. The van der Waals surface area contributed by atoms with Crippen molar-refractivity contribution in [3.05, 3.63) is 0 Å². The van der Waals surface area contributed by atoms with Gasteiger partial charge in [-0.3, -0.25) is 9.80 Å². The molecule has 3 heteroatoms. The standard InChI is InChI=1S/C16H33N3/c1-14-5-7-15(8-6-14)17-9-10-19-12-11-18(4)16(2,3)13-19/h14-15,17H,5-13H2,1-4H3. The Kier molecular flexibility index (Phi) is 5.27. The van der Waals surface area contributed by atoms with Crippen LogP contribution in [0.4, 0.5) is 0 Å². The van der Waals surface area contributed by atoms with Crippen LogP contribution in [0, 0.1) is 5.92 Å². The highest BCUT2D eigenvalue weighted by molar-refractivity contribution is 4.88. The second-order valence-corrected chi connectivity index (χ2v) is 7.42. The van der Waals surface area contributed by atoms with Crippen molar-refractivity contribution in [1.29, 1.82) is 0 Å². The van der Waals surface area contributed by atoms with E-state index in [4.69, 9.17) is 0 Å². The summed E-state index contributed by atoms with van der Waals surface area (Å²) in [5, 5.41) is 3.77. The fraction of sp³-hybridized carbons (Fsp3) is 1.00. The van der Waals surface area contributed by atoms with Crippen molar-refractivity contribution < 1.29 is 0 Å². The van der Waals surface area contributed by atoms with E-state index < -0.39 is 0 Å². The maximum Gasteiger partial charge on any atom is 0.0277 e. The van der Waals surface area contributed by atoms with E-state index in [1.807, 2.05) is 0 Å². The van der Waals surface area contributed by atoms with Gasteiger partial charge in [0, 0.05) is 44.3 Å². The van der Waals surface area contributed by atoms with Crippen LogP contribution < -0.4 is 5.32 Å². The molecule has 1 saturated carbocycles. The monoisotopic (exact) mass is 267 g/mol. The summed E-state index contributed by atoms with van der Waals surface area (Å²) in [5.74, 6) is 0.955. The van der Waals surface area contributed by atoms with Crippen molar-refractivity contribution in [2.24, 2.45) is 5.92 Å². The Morgan fingerprint density at radius 3 is 2.42 bits per heavy atom. The molecule has 0 spiro atoms. The van der Waals surface area contributed by atoms with Gasteiger partial charge in [0.2, 0.25) is 0 Å². The normalized spacial score (nSPS) is 33.5. The zero-order chi connectivity index (χ0) is 13.9. The molecule has 2 rings (SSSR count). The minimum atomic E-state index is 0.332. The zero-order valence-electron chi connectivity index (χ0n) is 13.4. The minimum Gasteiger partial charge on any atom is -0.313 e. The molecular formula is C16H33N3. The Labute approximate surface area is 119 Å². The van der Waals surface area contributed by atoms with E-state index in [1.165, 1.54) is 58.4 Å². The lowest BCUT2D eigenvalue weighted by atomic mass is 9.87. The molecule has 2 aliphatic rings. The number of hydrogen-bond donors (Lipinski definition) is 1. The molecule has 0 radical (unpaired) electrons. The van der Waals surface area contributed by atoms with E-state index in [0.29, 0.717) is 5.54 Å². The molecule has 0 amide bonds. The highest BCUT2D eigenvalue weighted by Gasteiger charge is 2.30. The van der Waals surface area contributed by atoms with Crippen LogP contribution in [-0.2, 0) is 0 Å². The molecule has 0 atom stereocenters. The lowest BCUT2D eigenvalue weighted by molar-refractivity contribution is 0.0401. The van der Waals surface area contributed by atoms with Crippen LogP contribution >= 0.6 is 0 Å². The third-order valence-electron chi connectivity index (χ3n) is 5.27. The third-order valence-corrected chi connectivity index (χ3v) is 5.27. The molecule has 1 aliphatic heterocycles. The Morgan fingerprint density at radius 1 is 1.11 bits per heavy atom. The summed E-state index contributed by atoms with van der Waals surface area (Å²) in [4.78, 5) is 5.11. The lowest BCUT2D eigenvalue weighted by Gasteiger charge is -2.45. The first-order chi connectivity index (χ1) is 8.97. The van der Waals surface area contributed by atoms with Gasteiger partial charge in [0.05, 0.1) is 0 Å². The molecule has 1 N–H and O–H groups in total. The molecule has 1 heterocycles. The van der Waals surface area contributed by atoms with E-state index in [-0.39, 0.29) is 0 Å². The molecule has 1 saturated heterocycles. The summed E-state index contributed by atoms with van der Waals surface area (Å²) in [6, 6.07) is 0.789. The lowest BCUT2D eigenvalue weighted by Crippen LogP contribution is -2.58. The van der Waals surface area contributed by atoms with Gasteiger partial charge in [-0.1, -0.05) is 6.92 Å². The molecule has 1 aliphatic carbocycles. The summed E-state index contributed by atoms with van der Waals surface area (Å²) in [6.07, 6.45) is 5.60. The third kappa shape index (κ3) is 4.44. The first-order valence-corrected chi connectivity index (χ1v) is 8.14. The van der Waals surface area contributed by atoms with Gasteiger partial charge in [-0.2, -0.15) is 0 Å². The van der Waals surface area contributed by atoms with Gasteiger partial charge >= 0.3 is 0 Å². The van der Waals surface area contributed by atoms with Crippen molar-refractivity contribution >= 4 is 0 Å². The van der Waals surface area contributed by atoms with Gasteiger partial charge in [0.15, 0.2) is 0 Å². The van der Waals surface area contributed by atoms with Crippen LogP contribution in [0.15, 0.2) is 0 Å².